The summed E-state index contributed by atoms with van der Waals surface area (Å²) in [6.45, 7) is 6.10. The highest BCUT2D eigenvalue weighted by molar-refractivity contribution is 5.82. The van der Waals surface area contributed by atoms with Crippen molar-refractivity contribution in [2.24, 2.45) is 0 Å². The normalized spacial score (nSPS) is 22.7. The molecule has 0 unspecified atom stereocenters. The highest BCUT2D eigenvalue weighted by Gasteiger charge is 2.20. The second kappa shape index (κ2) is 4.65. The molecule has 1 amide bonds. The molecule has 1 saturated heterocycles. The van der Waals surface area contributed by atoms with Crippen LogP contribution < -0.4 is 5.32 Å². The van der Waals surface area contributed by atoms with Crippen LogP contribution in [0.5, 0.6) is 0 Å². The average molecular weight is 192 g/mol. The van der Waals surface area contributed by atoms with Crippen LogP contribution in [0.25, 0.3) is 0 Å². The lowest BCUT2D eigenvalue weighted by atomic mass is 10.2. The maximum atomic E-state index is 11.3. The number of carbonyl (C=O) groups excluding carboxylic acids is 1. The Hall–Kier alpha value is -1.51. The van der Waals surface area contributed by atoms with Crippen molar-refractivity contribution in [3.05, 3.63) is 36.2 Å². The summed E-state index contributed by atoms with van der Waals surface area (Å²) in [5, 5.41) is 2.85. The van der Waals surface area contributed by atoms with Gasteiger partial charge in [-0.2, -0.15) is 0 Å². The minimum Gasteiger partial charge on any atom is -0.364 e. The third-order valence-corrected chi connectivity index (χ3v) is 2.03. The summed E-state index contributed by atoms with van der Waals surface area (Å²) in [5.74, 6) is 0.0356. The topological polar surface area (TPSA) is 32.3 Å². The van der Waals surface area contributed by atoms with E-state index in [1.807, 2.05) is 31.0 Å². The van der Waals surface area contributed by atoms with Crippen molar-refractivity contribution >= 4 is 5.91 Å². The largest absolute Gasteiger partial charge is 0.364 e. The van der Waals surface area contributed by atoms with Crippen LogP contribution in [0.3, 0.4) is 0 Å². The van der Waals surface area contributed by atoms with Crippen LogP contribution >= 0.6 is 0 Å². The Morgan fingerprint density at radius 3 is 2.93 bits per heavy atom. The van der Waals surface area contributed by atoms with Gasteiger partial charge in [0.25, 0.3) is 0 Å². The second-order valence-corrected chi connectivity index (χ2v) is 3.22. The summed E-state index contributed by atoms with van der Waals surface area (Å²) in [7, 11) is 1.90. The number of nitrogens with zero attached hydrogens (tertiary/aromatic N) is 1. The fraction of sp³-hybridized carbons (Fsp3) is 0.364. The lowest BCUT2D eigenvalue weighted by molar-refractivity contribution is -0.121. The molecule has 76 valence electrons. The molecule has 14 heavy (non-hydrogen) atoms. The van der Waals surface area contributed by atoms with Crippen molar-refractivity contribution in [3.63, 3.8) is 0 Å². The molecular formula is C11H16N2O. The van der Waals surface area contributed by atoms with Gasteiger partial charge in [-0.3, -0.25) is 4.79 Å². The first-order chi connectivity index (χ1) is 6.69. The number of carbonyl (C=O) groups is 1. The third kappa shape index (κ3) is 2.25. The number of piperazine rings is 1. The quantitative estimate of drug-likeness (QED) is 0.717. The van der Waals surface area contributed by atoms with Crippen LogP contribution in [0.4, 0.5) is 0 Å². The lowest BCUT2D eigenvalue weighted by Crippen LogP contribution is -2.42. The van der Waals surface area contributed by atoms with E-state index in [2.05, 4.69) is 11.9 Å². The number of allylic oxidation sites excluding steroid dienone is 3. The lowest BCUT2D eigenvalue weighted by Gasteiger charge is -2.29. The summed E-state index contributed by atoms with van der Waals surface area (Å²) < 4.78 is 0. The molecule has 3 nitrogen and oxygen atoms in total. The van der Waals surface area contributed by atoms with E-state index in [0.29, 0.717) is 6.54 Å². The molecule has 0 saturated carbocycles. The van der Waals surface area contributed by atoms with Crippen LogP contribution in [-0.4, -0.2) is 24.4 Å². The van der Waals surface area contributed by atoms with E-state index in [1.165, 1.54) is 0 Å². The summed E-state index contributed by atoms with van der Waals surface area (Å²) in [4.78, 5) is 13.2. The number of nitrogens with one attached hydrogen (secondary N) is 1. The van der Waals surface area contributed by atoms with Gasteiger partial charge >= 0.3 is 0 Å². The first-order valence-corrected chi connectivity index (χ1v) is 4.73. The molecule has 0 aromatic rings. The first-order valence-electron chi connectivity index (χ1n) is 4.73. The van der Waals surface area contributed by atoms with Gasteiger partial charge in [0.05, 0.1) is 17.9 Å². The van der Waals surface area contributed by atoms with E-state index in [0.717, 1.165) is 17.8 Å². The van der Waals surface area contributed by atoms with E-state index in [-0.39, 0.29) is 5.91 Å². The van der Waals surface area contributed by atoms with Gasteiger partial charge in [0.15, 0.2) is 0 Å². The Kier molecular flexibility index (Phi) is 3.51. The SMILES string of the molecule is C=C/C=C1\C(=C/CC)NC(=O)CN1C. The molecule has 0 atom stereocenters. The van der Waals surface area contributed by atoms with Gasteiger partial charge in [0, 0.05) is 7.05 Å². The van der Waals surface area contributed by atoms with Crippen LogP contribution in [0.2, 0.25) is 0 Å². The van der Waals surface area contributed by atoms with Crippen molar-refractivity contribution in [3.8, 4) is 0 Å². The van der Waals surface area contributed by atoms with Crippen LogP contribution in [0.15, 0.2) is 36.2 Å². The zero-order valence-corrected chi connectivity index (χ0v) is 8.71. The van der Waals surface area contributed by atoms with Crippen molar-refractivity contribution in [2.75, 3.05) is 13.6 Å². The van der Waals surface area contributed by atoms with E-state index in [1.54, 1.807) is 6.08 Å². The first kappa shape index (κ1) is 10.6. The van der Waals surface area contributed by atoms with Crippen LogP contribution in [0, 0.1) is 0 Å². The molecule has 0 aromatic carbocycles. The smallest absolute Gasteiger partial charge is 0.243 e. The van der Waals surface area contributed by atoms with Gasteiger partial charge in [-0.1, -0.05) is 25.7 Å². The van der Waals surface area contributed by atoms with Gasteiger partial charge in [-0.05, 0) is 12.5 Å². The molecule has 0 radical (unpaired) electrons. The average Bonchev–Trinajstić information content (AvgIpc) is 2.11. The van der Waals surface area contributed by atoms with Gasteiger partial charge in [0.2, 0.25) is 5.91 Å². The number of hydrogen-bond acceptors (Lipinski definition) is 2. The molecule has 0 aromatic heterocycles. The van der Waals surface area contributed by atoms with Crippen LogP contribution in [-0.2, 0) is 4.79 Å². The Labute approximate surface area is 84.8 Å². The number of likely N-dealkylation sites (N-methyl/N-ethyl adjacent to an activating group) is 1. The molecule has 0 bridgehead atoms. The second-order valence-electron chi connectivity index (χ2n) is 3.22. The molecule has 1 heterocycles. The van der Waals surface area contributed by atoms with Crippen molar-refractivity contribution in [1.29, 1.82) is 0 Å². The standard InChI is InChI=1S/C11H16N2O/c1-4-6-9-10(7-5-2)13(3)8-11(14)12-9/h5-7H,2,4,8H2,1,3H3,(H,12,14)/b9-6+,10-7+. The molecular weight excluding hydrogens is 176 g/mol. The summed E-state index contributed by atoms with van der Waals surface area (Å²) in [6.07, 6.45) is 6.54. The van der Waals surface area contributed by atoms with E-state index < -0.39 is 0 Å². The molecule has 1 fully saturated rings. The molecule has 0 aliphatic carbocycles. The Morgan fingerprint density at radius 2 is 2.36 bits per heavy atom. The molecule has 3 heteroatoms. The van der Waals surface area contributed by atoms with Gasteiger partial charge < -0.3 is 10.2 Å². The molecule has 1 aliphatic heterocycles. The fourth-order valence-electron chi connectivity index (χ4n) is 1.45. The predicted octanol–water partition coefficient (Wildman–Crippen LogP) is 1.41. The van der Waals surface area contributed by atoms with Crippen molar-refractivity contribution in [2.45, 2.75) is 13.3 Å². The number of amides is 1. The van der Waals surface area contributed by atoms with Gasteiger partial charge in [-0.15, -0.1) is 0 Å². The van der Waals surface area contributed by atoms with Gasteiger partial charge in [0.1, 0.15) is 0 Å². The number of hydrogen-bond donors (Lipinski definition) is 1. The summed E-state index contributed by atoms with van der Waals surface area (Å²) >= 11 is 0. The van der Waals surface area contributed by atoms with E-state index >= 15 is 0 Å². The van der Waals surface area contributed by atoms with E-state index in [9.17, 15) is 4.79 Å². The monoisotopic (exact) mass is 192 g/mol. The minimum atomic E-state index is 0.0356. The molecule has 1 aliphatic rings. The minimum absolute atomic E-state index is 0.0356. The fourth-order valence-corrected chi connectivity index (χ4v) is 1.45. The molecule has 1 N–H and O–H groups in total. The van der Waals surface area contributed by atoms with Crippen LogP contribution in [0.1, 0.15) is 13.3 Å². The summed E-state index contributed by atoms with van der Waals surface area (Å²) in [6, 6.07) is 0. The Morgan fingerprint density at radius 1 is 1.64 bits per heavy atom. The van der Waals surface area contributed by atoms with E-state index in [4.69, 9.17) is 0 Å². The maximum absolute atomic E-state index is 11.3. The Bertz CT molecular complexity index is 302. The zero-order chi connectivity index (χ0) is 10.6. The number of rotatable bonds is 2. The van der Waals surface area contributed by atoms with Gasteiger partial charge in [-0.25, -0.2) is 0 Å². The molecule has 1 rings (SSSR count). The van der Waals surface area contributed by atoms with Crippen molar-refractivity contribution in [1.82, 2.24) is 10.2 Å². The predicted molar refractivity (Wildman–Crippen MR) is 57.4 cm³/mol. The highest BCUT2D eigenvalue weighted by Crippen LogP contribution is 2.16. The Balaban J connectivity index is 2.98. The maximum Gasteiger partial charge on any atom is 0.243 e. The highest BCUT2D eigenvalue weighted by atomic mass is 16.2. The van der Waals surface area contributed by atoms with Crippen molar-refractivity contribution < 1.29 is 4.79 Å². The third-order valence-electron chi connectivity index (χ3n) is 2.03. The molecule has 0 spiro atoms. The summed E-state index contributed by atoms with van der Waals surface area (Å²) in [5.41, 5.74) is 1.90. The zero-order valence-electron chi connectivity index (χ0n) is 8.71.